The highest BCUT2D eigenvalue weighted by atomic mass is 16.3. The Morgan fingerprint density at radius 1 is 1.20 bits per heavy atom. The molecule has 1 atom stereocenters. The van der Waals surface area contributed by atoms with Gasteiger partial charge in [0.2, 0.25) is 0 Å². The highest BCUT2D eigenvalue weighted by Gasteiger charge is 2.08. The van der Waals surface area contributed by atoms with Gasteiger partial charge >= 0.3 is 0 Å². The average molecular weight is 277 g/mol. The maximum absolute atomic E-state index is 9.23. The second-order valence-corrected chi connectivity index (χ2v) is 5.45. The minimum absolute atomic E-state index is 0.319. The molecule has 112 valence electrons. The summed E-state index contributed by atoms with van der Waals surface area (Å²) in [4.78, 5) is 4.23. The molecule has 0 saturated carbocycles. The van der Waals surface area contributed by atoms with Gasteiger partial charge < -0.3 is 15.7 Å². The topological polar surface area (TPSA) is 56.7 Å². The number of phenols is 1. The zero-order chi connectivity index (χ0) is 15.0. The molecule has 4 heteroatoms. The molecule has 0 saturated heterocycles. The molecule has 0 spiro atoms. The highest BCUT2D eigenvalue weighted by Crippen LogP contribution is 2.10. The van der Waals surface area contributed by atoms with Crippen molar-refractivity contribution in [3.63, 3.8) is 0 Å². The van der Waals surface area contributed by atoms with Crippen LogP contribution in [0.4, 0.5) is 0 Å². The maximum atomic E-state index is 9.23. The van der Waals surface area contributed by atoms with E-state index in [9.17, 15) is 5.11 Å². The minimum atomic E-state index is 0.319. The van der Waals surface area contributed by atoms with Crippen LogP contribution in [-0.2, 0) is 6.42 Å². The monoisotopic (exact) mass is 277 g/mol. The van der Waals surface area contributed by atoms with Crippen molar-refractivity contribution in [3.05, 3.63) is 29.8 Å². The van der Waals surface area contributed by atoms with Gasteiger partial charge in [0.15, 0.2) is 5.96 Å². The molecule has 0 aromatic heterocycles. The lowest BCUT2D eigenvalue weighted by molar-refractivity contribution is 0.475. The molecule has 4 nitrogen and oxygen atoms in total. The zero-order valence-corrected chi connectivity index (χ0v) is 13.0. The summed E-state index contributed by atoms with van der Waals surface area (Å²) in [5.74, 6) is 1.75. The Morgan fingerprint density at radius 2 is 1.85 bits per heavy atom. The first-order valence-electron chi connectivity index (χ1n) is 7.28. The van der Waals surface area contributed by atoms with Crippen molar-refractivity contribution in [1.29, 1.82) is 0 Å². The fourth-order valence-corrected chi connectivity index (χ4v) is 1.74. The molecular weight excluding hydrogens is 250 g/mol. The largest absolute Gasteiger partial charge is 0.508 e. The van der Waals surface area contributed by atoms with Crippen LogP contribution in [0.5, 0.6) is 5.75 Å². The summed E-state index contributed by atoms with van der Waals surface area (Å²) in [5.41, 5.74) is 1.24. The molecular formula is C16H27N3O. The van der Waals surface area contributed by atoms with Crippen LogP contribution >= 0.6 is 0 Å². The van der Waals surface area contributed by atoms with Crippen LogP contribution in [0.3, 0.4) is 0 Å². The number of aryl methyl sites for hydroxylation is 1. The van der Waals surface area contributed by atoms with Crippen molar-refractivity contribution in [2.24, 2.45) is 10.9 Å². The van der Waals surface area contributed by atoms with Crippen molar-refractivity contribution in [2.75, 3.05) is 13.6 Å². The Hall–Kier alpha value is -1.71. The van der Waals surface area contributed by atoms with Crippen LogP contribution in [0.15, 0.2) is 29.3 Å². The van der Waals surface area contributed by atoms with Gasteiger partial charge in [-0.15, -0.1) is 0 Å². The molecule has 0 aliphatic rings. The number of hydrogen-bond donors (Lipinski definition) is 3. The fourth-order valence-electron chi connectivity index (χ4n) is 1.74. The summed E-state index contributed by atoms with van der Waals surface area (Å²) in [5, 5.41) is 15.9. The van der Waals surface area contributed by atoms with Crippen LogP contribution in [0, 0.1) is 5.92 Å². The molecule has 0 fully saturated rings. The molecule has 1 aromatic rings. The number of hydrogen-bond acceptors (Lipinski definition) is 2. The van der Waals surface area contributed by atoms with Gasteiger partial charge in [0, 0.05) is 19.6 Å². The Morgan fingerprint density at radius 3 is 2.40 bits per heavy atom. The Kier molecular flexibility index (Phi) is 6.91. The van der Waals surface area contributed by atoms with Crippen LogP contribution in [0.2, 0.25) is 0 Å². The lowest BCUT2D eigenvalue weighted by Gasteiger charge is -2.20. The van der Waals surface area contributed by atoms with E-state index < -0.39 is 0 Å². The van der Waals surface area contributed by atoms with Crippen LogP contribution in [0.1, 0.15) is 32.8 Å². The van der Waals surface area contributed by atoms with E-state index in [1.807, 2.05) is 12.1 Å². The maximum Gasteiger partial charge on any atom is 0.191 e. The molecule has 1 unspecified atom stereocenters. The van der Waals surface area contributed by atoms with Crippen LogP contribution in [0.25, 0.3) is 0 Å². The van der Waals surface area contributed by atoms with E-state index in [2.05, 4.69) is 36.4 Å². The Balaban J connectivity index is 2.27. The van der Waals surface area contributed by atoms with Gasteiger partial charge in [-0.2, -0.15) is 0 Å². The second kappa shape index (κ2) is 8.46. The van der Waals surface area contributed by atoms with Gasteiger partial charge in [0.1, 0.15) is 5.75 Å². The molecule has 20 heavy (non-hydrogen) atoms. The first-order chi connectivity index (χ1) is 9.52. The average Bonchev–Trinajstić information content (AvgIpc) is 2.43. The lowest BCUT2D eigenvalue weighted by atomic mass is 10.1. The predicted molar refractivity (Wildman–Crippen MR) is 85.2 cm³/mol. The van der Waals surface area contributed by atoms with Crippen molar-refractivity contribution < 1.29 is 5.11 Å². The molecule has 0 aliphatic heterocycles. The van der Waals surface area contributed by atoms with Gasteiger partial charge in [0.25, 0.3) is 0 Å². The standard InChI is InChI=1S/C16H27N3O/c1-12(2)13(3)19-16(17-4)18-11-5-6-14-7-9-15(20)10-8-14/h7-10,12-13,20H,5-6,11H2,1-4H3,(H2,17,18,19). The van der Waals surface area contributed by atoms with E-state index >= 15 is 0 Å². The molecule has 1 aromatic carbocycles. The van der Waals surface area contributed by atoms with E-state index in [1.54, 1.807) is 19.2 Å². The smallest absolute Gasteiger partial charge is 0.191 e. The summed E-state index contributed by atoms with van der Waals surface area (Å²) in [6, 6.07) is 7.78. The number of benzene rings is 1. The summed E-state index contributed by atoms with van der Waals surface area (Å²) in [6.07, 6.45) is 2.02. The zero-order valence-electron chi connectivity index (χ0n) is 13.0. The van der Waals surface area contributed by atoms with E-state index in [0.29, 0.717) is 17.7 Å². The second-order valence-electron chi connectivity index (χ2n) is 5.45. The van der Waals surface area contributed by atoms with Crippen LogP contribution < -0.4 is 10.6 Å². The number of phenolic OH excluding ortho intramolecular Hbond substituents is 1. The number of aromatic hydroxyl groups is 1. The van der Waals surface area contributed by atoms with E-state index in [1.165, 1.54) is 5.56 Å². The quantitative estimate of drug-likeness (QED) is 0.425. The molecule has 1 rings (SSSR count). The highest BCUT2D eigenvalue weighted by molar-refractivity contribution is 5.79. The van der Waals surface area contributed by atoms with Crippen molar-refractivity contribution in [3.8, 4) is 5.75 Å². The number of rotatable bonds is 6. The summed E-state index contributed by atoms with van der Waals surface area (Å²) in [7, 11) is 1.79. The molecule has 0 amide bonds. The third kappa shape index (κ3) is 5.95. The number of nitrogens with one attached hydrogen (secondary N) is 2. The van der Waals surface area contributed by atoms with E-state index in [-0.39, 0.29) is 0 Å². The molecule has 0 heterocycles. The van der Waals surface area contributed by atoms with Crippen LogP contribution in [-0.4, -0.2) is 30.7 Å². The van der Waals surface area contributed by atoms with Crippen molar-refractivity contribution in [2.45, 2.75) is 39.7 Å². The van der Waals surface area contributed by atoms with Gasteiger partial charge in [0.05, 0.1) is 0 Å². The Labute approximate surface area is 122 Å². The van der Waals surface area contributed by atoms with Crippen molar-refractivity contribution in [1.82, 2.24) is 10.6 Å². The first kappa shape index (κ1) is 16.3. The minimum Gasteiger partial charge on any atom is -0.508 e. The normalized spacial score (nSPS) is 13.3. The third-order valence-electron chi connectivity index (χ3n) is 3.46. The Bertz CT molecular complexity index is 412. The number of guanidine groups is 1. The molecule has 0 radical (unpaired) electrons. The lowest BCUT2D eigenvalue weighted by Crippen LogP contribution is -2.44. The van der Waals surface area contributed by atoms with Gasteiger partial charge in [-0.25, -0.2) is 0 Å². The summed E-state index contributed by atoms with van der Waals surface area (Å²) < 4.78 is 0. The van der Waals surface area contributed by atoms with Gasteiger partial charge in [-0.05, 0) is 43.4 Å². The van der Waals surface area contributed by atoms with E-state index in [4.69, 9.17) is 0 Å². The summed E-state index contributed by atoms with van der Waals surface area (Å²) in [6.45, 7) is 7.42. The van der Waals surface area contributed by atoms with Gasteiger partial charge in [-0.3, -0.25) is 4.99 Å². The van der Waals surface area contributed by atoms with E-state index in [0.717, 1.165) is 25.3 Å². The SMILES string of the molecule is CN=C(NCCCc1ccc(O)cc1)NC(C)C(C)C. The first-order valence-corrected chi connectivity index (χ1v) is 7.28. The summed E-state index contributed by atoms with van der Waals surface area (Å²) >= 11 is 0. The fraction of sp³-hybridized carbons (Fsp3) is 0.562. The molecule has 3 N–H and O–H groups in total. The number of aliphatic imine (C=N–C) groups is 1. The molecule has 0 bridgehead atoms. The molecule has 0 aliphatic carbocycles. The van der Waals surface area contributed by atoms with Crippen molar-refractivity contribution >= 4 is 5.96 Å². The number of nitrogens with zero attached hydrogens (tertiary/aromatic N) is 1. The predicted octanol–water partition coefficient (Wildman–Crippen LogP) is 2.53. The van der Waals surface area contributed by atoms with Gasteiger partial charge in [-0.1, -0.05) is 26.0 Å². The third-order valence-corrected chi connectivity index (χ3v) is 3.46.